The van der Waals surface area contributed by atoms with Crippen molar-refractivity contribution in [2.75, 3.05) is 12.4 Å². The highest BCUT2D eigenvalue weighted by Crippen LogP contribution is 2.18. The number of hydrogen-bond donors (Lipinski definition) is 1. The Kier molecular flexibility index (Phi) is 2.95. The largest absolute Gasteiger partial charge is 0.497 e. The molecule has 16 heavy (non-hydrogen) atoms. The molecule has 0 saturated heterocycles. The van der Waals surface area contributed by atoms with E-state index in [-0.39, 0.29) is 0 Å². The van der Waals surface area contributed by atoms with Crippen molar-refractivity contribution in [3.05, 3.63) is 42.5 Å². The number of halogens is 1. The van der Waals surface area contributed by atoms with Crippen LogP contribution < -0.4 is 10.1 Å². The summed E-state index contributed by atoms with van der Waals surface area (Å²) >= 11 is 0. The van der Waals surface area contributed by atoms with E-state index in [1.54, 1.807) is 13.2 Å². The molecule has 0 bridgehead atoms. The summed E-state index contributed by atoms with van der Waals surface area (Å²) < 4.78 is 17.6. The van der Waals surface area contributed by atoms with Gasteiger partial charge in [-0.15, -0.1) is 0 Å². The van der Waals surface area contributed by atoms with Crippen molar-refractivity contribution in [3.8, 4) is 5.75 Å². The molecule has 0 aliphatic carbocycles. The van der Waals surface area contributed by atoms with E-state index < -0.39 is 5.82 Å². The predicted octanol–water partition coefficient (Wildman–Crippen LogP) is 2.37. The molecule has 1 aromatic heterocycles. The van der Waals surface area contributed by atoms with Gasteiger partial charge in [-0.05, 0) is 12.1 Å². The second-order valence-electron chi connectivity index (χ2n) is 3.08. The van der Waals surface area contributed by atoms with Gasteiger partial charge >= 0.3 is 0 Å². The van der Waals surface area contributed by atoms with E-state index in [1.807, 2.05) is 18.2 Å². The second kappa shape index (κ2) is 4.57. The summed E-state index contributed by atoms with van der Waals surface area (Å²) in [4.78, 5) is 7.58. The number of nitrogens with one attached hydrogen (secondary N) is 1. The maximum atomic E-state index is 12.6. The topological polar surface area (TPSA) is 47.0 Å². The Hall–Kier alpha value is -2.17. The molecule has 0 saturated carbocycles. The SMILES string of the molecule is COc1cccc(Nc2ncc(F)cn2)c1. The van der Waals surface area contributed by atoms with Gasteiger partial charge < -0.3 is 10.1 Å². The van der Waals surface area contributed by atoms with Gasteiger partial charge in [-0.25, -0.2) is 14.4 Å². The van der Waals surface area contributed by atoms with Crippen LogP contribution in [0.3, 0.4) is 0 Å². The van der Waals surface area contributed by atoms with E-state index in [0.717, 1.165) is 23.8 Å². The molecule has 5 heteroatoms. The zero-order valence-corrected chi connectivity index (χ0v) is 8.64. The van der Waals surface area contributed by atoms with Crippen molar-refractivity contribution in [2.24, 2.45) is 0 Å². The summed E-state index contributed by atoms with van der Waals surface area (Å²) in [6.07, 6.45) is 2.21. The van der Waals surface area contributed by atoms with Gasteiger partial charge in [0, 0.05) is 11.8 Å². The lowest BCUT2D eigenvalue weighted by Crippen LogP contribution is -1.97. The second-order valence-corrected chi connectivity index (χ2v) is 3.08. The number of aromatic nitrogens is 2. The molecule has 0 fully saturated rings. The fraction of sp³-hybridized carbons (Fsp3) is 0.0909. The Balaban J connectivity index is 2.16. The molecule has 1 heterocycles. The third-order valence-electron chi connectivity index (χ3n) is 1.95. The van der Waals surface area contributed by atoms with Crippen LogP contribution in [0, 0.1) is 5.82 Å². The summed E-state index contributed by atoms with van der Waals surface area (Å²) in [5.74, 6) is 0.609. The first-order valence-corrected chi connectivity index (χ1v) is 4.66. The summed E-state index contributed by atoms with van der Waals surface area (Å²) in [6, 6.07) is 7.31. The van der Waals surface area contributed by atoms with Crippen LogP contribution in [0.4, 0.5) is 16.0 Å². The van der Waals surface area contributed by atoms with Crippen molar-refractivity contribution < 1.29 is 9.13 Å². The molecule has 0 unspecified atom stereocenters. The Bertz CT molecular complexity index is 473. The van der Waals surface area contributed by atoms with E-state index in [2.05, 4.69) is 15.3 Å². The number of nitrogens with zero attached hydrogens (tertiary/aromatic N) is 2. The van der Waals surface area contributed by atoms with Gasteiger partial charge in [0.15, 0.2) is 5.82 Å². The average Bonchev–Trinajstić information content (AvgIpc) is 2.32. The number of ether oxygens (including phenoxy) is 1. The van der Waals surface area contributed by atoms with Crippen molar-refractivity contribution in [2.45, 2.75) is 0 Å². The summed E-state index contributed by atoms with van der Waals surface area (Å²) in [5, 5.41) is 2.94. The highest BCUT2D eigenvalue weighted by atomic mass is 19.1. The van der Waals surface area contributed by atoms with E-state index >= 15 is 0 Å². The monoisotopic (exact) mass is 219 g/mol. The minimum atomic E-state index is -0.462. The molecule has 2 rings (SSSR count). The van der Waals surface area contributed by atoms with Crippen LogP contribution in [0.5, 0.6) is 5.75 Å². The first kappa shape index (κ1) is 10.4. The predicted molar refractivity (Wildman–Crippen MR) is 58.3 cm³/mol. The van der Waals surface area contributed by atoms with Gasteiger partial charge in [-0.3, -0.25) is 0 Å². The molecule has 0 spiro atoms. The minimum Gasteiger partial charge on any atom is -0.497 e. The highest BCUT2D eigenvalue weighted by molar-refractivity contribution is 5.55. The number of hydrogen-bond acceptors (Lipinski definition) is 4. The Morgan fingerprint density at radius 3 is 2.69 bits per heavy atom. The first-order valence-electron chi connectivity index (χ1n) is 4.66. The maximum absolute atomic E-state index is 12.6. The van der Waals surface area contributed by atoms with Crippen LogP contribution in [0.2, 0.25) is 0 Å². The van der Waals surface area contributed by atoms with Crippen LogP contribution in [0.1, 0.15) is 0 Å². The van der Waals surface area contributed by atoms with E-state index in [4.69, 9.17) is 4.74 Å². The molecule has 4 nitrogen and oxygen atoms in total. The molecule has 0 atom stereocenters. The van der Waals surface area contributed by atoms with Crippen LogP contribution >= 0.6 is 0 Å². The Morgan fingerprint density at radius 2 is 2.00 bits per heavy atom. The van der Waals surface area contributed by atoms with Crippen molar-refractivity contribution in [1.82, 2.24) is 9.97 Å². The maximum Gasteiger partial charge on any atom is 0.227 e. The molecule has 0 amide bonds. The quantitative estimate of drug-likeness (QED) is 0.860. The van der Waals surface area contributed by atoms with Crippen LogP contribution in [-0.2, 0) is 0 Å². The normalized spacial score (nSPS) is 9.88. The molecule has 1 aromatic carbocycles. The molecule has 2 aromatic rings. The third-order valence-corrected chi connectivity index (χ3v) is 1.95. The van der Waals surface area contributed by atoms with Gasteiger partial charge in [0.05, 0.1) is 19.5 Å². The standard InChI is InChI=1S/C11H10FN3O/c1-16-10-4-2-3-9(5-10)15-11-13-6-8(12)7-14-11/h2-7H,1H3,(H,13,14,15). The van der Waals surface area contributed by atoms with Gasteiger partial charge in [0.1, 0.15) is 5.75 Å². The Labute approximate surface area is 92.1 Å². The van der Waals surface area contributed by atoms with Gasteiger partial charge in [0.2, 0.25) is 5.95 Å². The molecular formula is C11H10FN3O. The number of rotatable bonds is 3. The zero-order valence-electron chi connectivity index (χ0n) is 8.64. The molecule has 82 valence electrons. The number of anilines is 2. The lowest BCUT2D eigenvalue weighted by atomic mass is 10.3. The smallest absolute Gasteiger partial charge is 0.227 e. The van der Waals surface area contributed by atoms with Crippen LogP contribution in [0.15, 0.2) is 36.7 Å². The zero-order chi connectivity index (χ0) is 11.4. The highest BCUT2D eigenvalue weighted by Gasteiger charge is 1.99. The van der Waals surface area contributed by atoms with E-state index in [0.29, 0.717) is 5.95 Å². The lowest BCUT2D eigenvalue weighted by molar-refractivity contribution is 0.415. The number of benzene rings is 1. The molecular weight excluding hydrogens is 209 g/mol. The van der Waals surface area contributed by atoms with Gasteiger partial charge in [-0.2, -0.15) is 0 Å². The summed E-state index contributed by atoms with van der Waals surface area (Å²) in [5.41, 5.74) is 0.783. The van der Waals surface area contributed by atoms with Gasteiger partial charge in [0.25, 0.3) is 0 Å². The number of methoxy groups -OCH3 is 1. The fourth-order valence-corrected chi connectivity index (χ4v) is 1.21. The molecule has 0 aliphatic rings. The minimum absolute atomic E-state index is 0.342. The van der Waals surface area contributed by atoms with Crippen molar-refractivity contribution >= 4 is 11.6 Å². The summed E-state index contributed by atoms with van der Waals surface area (Å²) in [7, 11) is 1.59. The third kappa shape index (κ3) is 2.44. The van der Waals surface area contributed by atoms with Crippen molar-refractivity contribution in [1.29, 1.82) is 0 Å². The Morgan fingerprint density at radius 1 is 1.25 bits per heavy atom. The van der Waals surface area contributed by atoms with Crippen LogP contribution in [-0.4, -0.2) is 17.1 Å². The fourth-order valence-electron chi connectivity index (χ4n) is 1.21. The van der Waals surface area contributed by atoms with Gasteiger partial charge in [-0.1, -0.05) is 6.07 Å². The molecule has 0 aliphatic heterocycles. The van der Waals surface area contributed by atoms with E-state index in [1.165, 1.54) is 0 Å². The van der Waals surface area contributed by atoms with Crippen LogP contribution in [0.25, 0.3) is 0 Å². The van der Waals surface area contributed by atoms with E-state index in [9.17, 15) is 4.39 Å². The molecule has 1 N–H and O–H groups in total. The first-order chi connectivity index (χ1) is 7.78. The lowest BCUT2D eigenvalue weighted by Gasteiger charge is -2.05. The molecule has 0 radical (unpaired) electrons. The summed E-state index contributed by atoms with van der Waals surface area (Å²) in [6.45, 7) is 0. The average molecular weight is 219 g/mol. The van der Waals surface area contributed by atoms with Crippen molar-refractivity contribution in [3.63, 3.8) is 0 Å².